The summed E-state index contributed by atoms with van der Waals surface area (Å²) in [6.07, 6.45) is 7.08. The molecule has 5 heteroatoms. The largest absolute Gasteiger partial charge is 0.462 e. The minimum absolute atomic E-state index is 0.0297. The number of likely N-dealkylation sites (N-methyl/N-ethyl adjacent to an activating group) is 1. The third-order valence-corrected chi connectivity index (χ3v) is 4.00. The number of carbonyl (C=O) groups is 1. The number of hydrogen-bond donors (Lipinski definition) is 1. The number of nitrogens with zero attached hydrogens (tertiary/aromatic N) is 1. The monoisotopic (exact) mass is 292 g/mol. The molecule has 1 aromatic rings. The molecule has 1 atom stereocenters. The lowest BCUT2D eigenvalue weighted by Crippen LogP contribution is -2.34. The van der Waals surface area contributed by atoms with Gasteiger partial charge in [-0.1, -0.05) is 24.7 Å². The Morgan fingerprint density at radius 1 is 1.40 bits per heavy atom. The summed E-state index contributed by atoms with van der Waals surface area (Å²) in [6.45, 7) is 0. The van der Waals surface area contributed by atoms with E-state index in [-0.39, 0.29) is 12.1 Å². The predicted octanol–water partition coefficient (Wildman–Crippen LogP) is 2.59. The van der Waals surface area contributed by atoms with Crippen molar-refractivity contribution in [1.82, 2.24) is 10.3 Å². The minimum Gasteiger partial charge on any atom is -0.462 e. The Balaban J connectivity index is 2.10. The van der Waals surface area contributed by atoms with Crippen LogP contribution in [0.1, 0.15) is 43.7 Å². The highest BCUT2D eigenvalue weighted by Gasteiger charge is 2.30. The molecule has 0 amide bonds. The smallest absolute Gasteiger partial charge is 0.322 e. The fraction of sp³-hybridized carbons (Fsp3) is 0.533. The van der Waals surface area contributed by atoms with E-state index in [9.17, 15) is 4.79 Å². The molecule has 4 nitrogen and oxygen atoms in total. The topological polar surface area (TPSA) is 51.2 Å². The lowest BCUT2D eigenvalue weighted by molar-refractivity contribution is -0.150. The molecule has 108 valence electrons. The molecule has 0 aliphatic heterocycles. The van der Waals surface area contributed by atoms with Crippen molar-refractivity contribution in [3.8, 4) is 0 Å². The summed E-state index contributed by atoms with van der Waals surface area (Å²) >= 11 is 5.25. The molecule has 0 aromatic carbocycles. The Morgan fingerprint density at radius 3 is 2.75 bits per heavy atom. The van der Waals surface area contributed by atoms with Gasteiger partial charge in [0.25, 0.3) is 0 Å². The van der Waals surface area contributed by atoms with Crippen LogP contribution in [0.3, 0.4) is 0 Å². The first kappa shape index (κ1) is 14.9. The second kappa shape index (κ2) is 7.33. The Kier molecular flexibility index (Phi) is 5.47. The van der Waals surface area contributed by atoms with E-state index in [2.05, 4.69) is 10.3 Å². The fourth-order valence-electron chi connectivity index (χ4n) is 2.47. The second-order valence-corrected chi connectivity index (χ2v) is 5.44. The lowest BCUT2D eigenvalue weighted by Gasteiger charge is -2.24. The molecule has 1 N–H and O–H groups in total. The van der Waals surface area contributed by atoms with Crippen molar-refractivity contribution < 1.29 is 9.53 Å². The summed E-state index contributed by atoms with van der Waals surface area (Å²) in [5.41, 5.74) is 0.632. The molecular weight excluding hydrogens is 272 g/mol. The van der Waals surface area contributed by atoms with Crippen molar-refractivity contribution in [3.63, 3.8) is 0 Å². The number of hydrogen-bond acceptors (Lipinski definition) is 4. The van der Waals surface area contributed by atoms with Crippen molar-refractivity contribution in [2.24, 2.45) is 0 Å². The van der Waals surface area contributed by atoms with Crippen LogP contribution in [0, 0.1) is 0 Å². The molecular formula is C15H20N2O2S. The predicted molar refractivity (Wildman–Crippen MR) is 81.6 cm³/mol. The Hall–Kier alpha value is -1.49. The van der Waals surface area contributed by atoms with E-state index in [0.717, 1.165) is 25.7 Å². The third kappa shape index (κ3) is 3.76. The van der Waals surface area contributed by atoms with Gasteiger partial charge < -0.3 is 10.1 Å². The molecule has 0 spiro atoms. The van der Waals surface area contributed by atoms with E-state index >= 15 is 0 Å². The molecule has 1 aliphatic rings. The number of ether oxygens (including phenoxy) is 1. The molecule has 0 bridgehead atoms. The average Bonchev–Trinajstić information content (AvgIpc) is 2.49. The summed E-state index contributed by atoms with van der Waals surface area (Å²) in [4.78, 5) is 17.1. The van der Waals surface area contributed by atoms with Crippen LogP contribution in [0.4, 0.5) is 0 Å². The number of aromatic nitrogens is 1. The first-order valence-corrected chi connectivity index (χ1v) is 7.46. The van der Waals surface area contributed by atoms with Crippen LogP contribution < -0.4 is 5.32 Å². The van der Waals surface area contributed by atoms with Crippen LogP contribution in [-0.4, -0.2) is 29.1 Å². The number of esters is 1. The van der Waals surface area contributed by atoms with Crippen LogP contribution in [0.25, 0.3) is 0 Å². The summed E-state index contributed by atoms with van der Waals surface area (Å²) < 4.78 is 5.62. The first-order chi connectivity index (χ1) is 9.72. The zero-order valence-corrected chi connectivity index (χ0v) is 12.5. The van der Waals surface area contributed by atoms with Gasteiger partial charge in [-0.25, -0.2) is 0 Å². The number of pyridine rings is 1. The van der Waals surface area contributed by atoms with E-state index < -0.39 is 5.92 Å². The van der Waals surface area contributed by atoms with Crippen molar-refractivity contribution in [2.45, 2.75) is 44.1 Å². The summed E-state index contributed by atoms with van der Waals surface area (Å²) in [6, 6.07) is 5.47. The van der Waals surface area contributed by atoms with Crippen molar-refractivity contribution >= 4 is 23.2 Å². The zero-order valence-electron chi connectivity index (χ0n) is 11.7. The number of rotatable bonds is 4. The lowest BCUT2D eigenvalue weighted by atomic mass is 9.97. The quantitative estimate of drug-likeness (QED) is 0.683. The molecule has 1 unspecified atom stereocenters. The van der Waals surface area contributed by atoms with Gasteiger partial charge in [0.15, 0.2) is 0 Å². The molecule has 1 aliphatic carbocycles. The van der Waals surface area contributed by atoms with E-state index in [0.29, 0.717) is 10.7 Å². The van der Waals surface area contributed by atoms with Gasteiger partial charge in [-0.2, -0.15) is 0 Å². The molecule has 1 fully saturated rings. The van der Waals surface area contributed by atoms with E-state index in [1.54, 1.807) is 19.3 Å². The second-order valence-electron chi connectivity index (χ2n) is 5.00. The standard InChI is InChI=1S/C15H20N2O2S/c1-16-14(20)13(12-9-5-6-10-17-12)15(18)19-11-7-3-2-4-8-11/h5-6,9-11,13H,2-4,7-8H2,1H3,(H,16,20). The number of nitrogens with one attached hydrogen (secondary N) is 1. The van der Waals surface area contributed by atoms with Crippen LogP contribution in [0.15, 0.2) is 24.4 Å². The van der Waals surface area contributed by atoms with E-state index in [4.69, 9.17) is 17.0 Å². The van der Waals surface area contributed by atoms with Crippen LogP contribution in [0.2, 0.25) is 0 Å². The highest BCUT2D eigenvalue weighted by molar-refractivity contribution is 7.80. The van der Waals surface area contributed by atoms with Crippen molar-refractivity contribution in [3.05, 3.63) is 30.1 Å². The maximum atomic E-state index is 12.4. The van der Waals surface area contributed by atoms with Gasteiger partial charge in [-0.3, -0.25) is 9.78 Å². The maximum absolute atomic E-state index is 12.4. The molecule has 2 rings (SSSR count). The van der Waals surface area contributed by atoms with E-state index in [1.165, 1.54) is 6.42 Å². The molecule has 0 saturated heterocycles. The van der Waals surface area contributed by atoms with Crippen LogP contribution >= 0.6 is 12.2 Å². The van der Waals surface area contributed by atoms with Gasteiger partial charge >= 0.3 is 5.97 Å². The molecule has 20 heavy (non-hydrogen) atoms. The molecule has 1 aromatic heterocycles. The third-order valence-electron chi connectivity index (χ3n) is 3.56. The SMILES string of the molecule is CNC(=S)C(C(=O)OC1CCCCC1)c1ccccn1. The van der Waals surface area contributed by atoms with Crippen molar-refractivity contribution in [2.75, 3.05) is 7.05 Å². The van der Waals surface area contributed by atoms with Gasteiger partial charge in [-0.15, -0.1) is 0 Å². The average molecular weight is 292 g/mol. The zero-order chi connectivity index (χ0) is 14.4. The van der Waals surface area contributed by atoms with Gasteiger partial charge in [0.1, 0.15) is 12.0 Å². The Labute approximate surface area is 124 Å². The Morgan fingerprint density at radius 2 is 2.15 bits per heavy atom. The molecule has 0 radical (unpaired) electrons. The number of thiocarbonyl (C=S) groups is 1. The highest BCUT2D eigenvalue weighted by atomic mass is 32.1. The summed E-state index contributed by atoms with van der Waals surface area (Å²) in [7, 11) is 1.71. The maximum Gasteiger partial charge on any atom is 0.322 e. The van der Waals surface area contributed by atoms with Crippen molar-refractivity contribution in [1.29, 1.82) is 0 Å². The minimum atomic E-state index is -0.613. The van der Waals surface area contributed by atoms with Gasteiger partial charge in [0.2, 0.25) is 0 Å². The van der Waals surface area contributed by atoms with Gasteiger partial charge in [0, 0.05) is 13.2 Å². The van der Waals surface area contributed by atoms with Gasteiger partial charge in [0.05, 0.1) is 10.7 Å². The highest BCUT2D eigenvalue weighted by Crippen LogP contribution is 2.24. The number of carbonyl (C=O) groups excluding carboxylic acids is 1. The molecule has 1 saturated carbocycles. The van der Waals surface area contributed by atoms with Crippen LogP contribution in [-0.2, 0) is 9.53 Å². The fourth-order valence-corrected chi connectivity index (χ4v) is 2.69. The van der Waals surface area contributed by atoms with E-state index in [1.807, 2.05) is 12.1 Å². The summed E-state index contributed by atoms with van der Waals surface area (Å²) in [5, 5.41) is 2.87. The van der Waals surface area contributed by atoms with Gasteiger partial charge in [-0.05, 0) is 37.8 Å². The summed E-state index contributed by atoms with van der Waals surface area (Å²) in [5.74, 6) is -0.909. The normalized spacial score (nSPS) is 17.2. The Bertz CT molecular complexity index is 458. The first-order valence-electron chi connectivity index (χ1n) is 7.05. The molecule has 1 heterocycles. The van der Waals surface area contributed by atoms with Crippen LogP contribution in [0.5, 0.6) is 0 Å².